The smallest absolute Gasteiger partial charge is 0.462 e. The first-order valence-electron chi connectivity index (χ1n) is 22.3. The Hall–Kier alpha value is -3.52. The van der Waals surface area contributed by atoms with Crippen molar-refractivity contribution in [1.82, 2.24) is 0 Å². The molecule has 16 heteroatoms. The van der Waals surface area contributed by atoms with Gasteiger partial charge in [-0.3, -0.25) is 23.2 Å². The molecular formula is C48H76O14P2. The van der Waals surface area contributed by atoms with Gasteiger partial charge in [-0.2, -0.15) is 0 Å². The summed E-state index contributed by atoms with van der Waals surface area (Å²) >= 11 is 0. The first-order valence-corrected chi connectivity index (χ1v) is 25.4. The van der Waals surface area contributed by atoms with Crippen molar-refractivity contribution in [3.63, 3.8) is 0 Å². The van der Waals surface area contributed by atoms with E-state index in [-0.39, 0.29) is 12.8 Å². The van der Waals surface area contributed by atoms with E-state index in [4.69, 9.17) is 23.8 Å². The van der Waals surface area contributed by atoms with Crippen LogP contribution in [0.1, 0.15) is 123 Å². The highest BCUT2D eigenvalue weighted by molar-refractivity contribution is 7.47. The monoisotopic (exact) mass is 938 g/mol. The molecule has 0 radical (unpaired) electrons. The van der Waals surface area contributed by atoms with Crippen LogP contribution in [0.2, 0.25) is 0 Å². The number of carbonyl (C=O) groups excluding carboxylic acids is 2. The molecule has 362 valence electrons. The zero-order valence-corrected chi connectivity index (χ0v) is 39.7. The lowest BCUT2D eigenvalue weighted by Crippen LogP contribution is -2.29. The van der Waals surface area contributed by atoms with Gasteiger partial charge in [0.05, 0.1) is 25.9 Å². The van der Waals surface area contributed by atoms with E-state index in [0.29, 0.717) is 38.5 Å². The molecule has 0 aromatic heterocycles. The minimum Gasteiger partial charge on any atom is -0.462 e. The maximum atomic E-state index is 12.7. The van der Waals surface area contributed by atoms with Crippen molar-refractivity contribution >= 4 is 27.6 Å². The second kappa shape index (κ2) is 42.1. The van der Waals surface area contributed by atoms with Gasteiger partial charge >= 0.3 is 27.6 Å². The first-order chi connectivity index (χ1) is 30.8. The largest absolute Gasteiger partial charge is 0.472 e. The Morgan fingerprint density at radius 1 is 0.531 bits per heavy atom. The quantitative estimate of drug-likeness (QED) is 0.0127. The summed E-state index contributed by atoms with van der Waals surface area (Å²) in [4.78, 5) is 52.7. The van der Waals surface area contributed by atoms with Gasteiger partial charge < -0.3 is 34.4 Å². The van der Waals surface area contributed by atoms with Crippen LogP contribution in [0.3, 0.4) is 0 Å². The minimum atomic E-state index is -4.89. The fourth-order valence-electron chi connectivity index (χ4n) is 5.03. The fraction of sp³-hybridized carbons (Fsp3) is 0.542. The van der Waals surface area contributed by atoms with Crippen LogP contribution in [0.15, 0.2) is 122 Å². The van der Waals surface area contributed by atoms with Crippen LogP contribution in [0.4, 0.5) is 0 Å². The number of aliphatic hydroxyl groups is 2. The second-order valence-electron chi connectivity index (χ2n) is 14.4. The zero-order chi connectivity index (χ0) is 47.4. The summed E-state index contributed by atoms with van der Waals surface area (Å²) in [5, 5.41) is 19.5. The van der Waals surface area contributed by atoms with E-state index in [1.54, 1.807) is 6.08 Å². The van der Waals surface area contributed by atoms with Crippen molar-refractivity contribution in [1.29, 1.82) is 0 Å². The van der Waals surface area contributed by atoms with Gasteiger partial charge in [0.2, 0.25) is 0 Å². The molecule has 0 saturated carbocycles. The molecule has 0 aromatic carbocycles. The van der Waals surface area contributed by atoms with Crippen LogP contribution in [0, 0.1) is 0 Å². The van der Waals surface area contributed by atoms with Crippen molar-refractivity contribution in [3.8, 4) is 0 Å². The number of aliphatic hydroxyl groups excluding tert-OH is 2. The Labute approximate surface area is 382 Å². The third kappa shape index (κ3) is 45.1. The van der Waals surface area contributed by atoms with Crippen LogP contribution in [0.25, 0.3) is 0 Å². The zero-order valence-electron chi connectivity index (χ0n) is 37.9. The summed E-state index contributed by atoms with van der Waals surface area (Å²) in [6.07, 6.45) is 49.8. The molecule has 0 fully saturated rings. The molecule has 0 spiro atoms. The molecule has 4 atom stereocenters. The maximum absolute atomic E-state index is 12.7. The Kier molecular flexibility index (Phi) is 39.8. The van der Waals surface area contributed by atoms with Crippen LogP contribution in [-0.4, -0.2) is 81.6 Å². The highest BCUT2D eigenvalue weighted by Crippen LogP contribution is 2.43. The number of ether oxygens (including phenoxy) is 2. The lowest BCUT2D eigenvalue weighted by molar-refractivity contribution is -0.161. The van der Waals surface area contributed by atoms with Gasteiger partial charge in [0.25, 0.3) is 0 Å². The molecule has 14 nitrogen and oxygen atoms in total. The lowest BCUT2D eigenvalue weighted by atomic mass is 10.2. The predicted octanol–water partition coefficient (Wildman–Crippen LogP) is 10.6. The van der Waals surface area contributed by atoms with Gasteiger partial charge in [-0.05, 0) is 83.5 Å². The molecule has 0 amide bonds. The van der Waals surface area contributed by atoms with Gasteiger partial charge in [-0.25, -0.2) is 9.13 Å². The Morgan fingerprint density at radius 3 is 1.59 bits per heavy atom. The summed E-state index contributed by atoms with van der Waals surface area (Å²) in [7, 11) is -9.75. The number of rotatable bonds is 40. The first kappa shape index (κ1) is 60.5. The molecule has 64 heavy (non-hydrogen) atoms. The minimum absolute atomic E-state index is 0.0120. The number of allylic oxidation sites excluding steroid dienone is 18. The molecule has 5 N–H and O–H groups in total. The molecule has 0 rings (SSSR count). The third-order valence-corrected chi connectivity index (χ3v) is 9.85. The highest BCUT2D eigenvalue weighted by atomic mass is 31.2. The van der Waals surface area contributed by atoms with Gasteiger partial charge in [-0.1, -0.05) is 148 Å². The molecular weight excluding hydrogens is 862 g/mol. The molecule has 2 unspecified atom stereocenters. The Morgan fingerprint density at radius 2 is 1.03 bits per heavy atom. The summed E-state index contributed by atoms with van der Waals surface area (Å²) in [6, 6.07) is 0. The van der Waals surface area contributed by atoms with Crippen LogP contribution < -0.4 is 0 Å². The average molecular weight is 939 g/mol. The van der Waals surface area contributed by atoms with Gasteiger partial charge in [0.15, 0.2) is 6.10 Å². The van der Waals surface area contributed by atoms with Crippen molar-refractivity contribution in [2.45, 2.75) is 141 Å². The van der Waals surface area contributed by atoms with E-state index in [9.17, 15) is 33.8 Å². The topological polar surface area (TPSA) is 216 Å². The summed E-state index contributed by atoms with van der Waals surface area (Å²) in [5.74, 6) is -1.23. The lowest BCUT2D eigenvalue weighted by Gasteiger charge is -2.20. The molecule has 0 bridgehead atoms. The normalized spacial score (nSPS) is 15.5. The van der Waals surface area contributed by atoms with Crippen molar-refractivity contribution in [2.24, 2.45) is 0 Å². The number of hydrogen-bond acceptors (Lipinski definition) is 11. The van der Waals surface area contributed by atoms with Crippen molar-refractivity contribution in [3.05, 3.63) is 122 Å². The molecule has 0 saturated heterocycles. The van der Waals surface area contributed by atoms with E-state index in [1.165, 1.54) is 19.3 Å². The van der Waals surface area contributed by atoms with E-state index < -0.39 is 72.3 Å². The van der Waals surface area contributed by atoms with Crippen LogP contribution >= 0.6 is 15.6 Å². The maximum Gasteiger partial charge on any atom is 0.472 e. The highest BCUT2D eigenvalue weighted by Gasteiger charge is 2.28. The molecule has 0 heterocycles. The summed E-state index contributed by atoms with van der Waals surface area (Å²) in [5.41, 5.74) is 0. The molecule has 0 aliphatic rings. The van der Waals surface area contributed by atoms with Crippen LogP contribution in [-0.2, 0) is 41.8 Å². The van der Waals surface area contributed by atoms with Gasteiger partial charge in [0, 0.05) is 12.8 Å². The predicted molar refractivity (Wildman–Crippen MR) is 254 cm³/mol. The van der Waals surface area contributed by atoms with E-state index >= 15 is 0 Å². The number of unbranched alkanes of at least 4 members (excludes halogenated alkanes) is 4. The van der Waals surface area contributed by atoms with Crippen molar-refractivity contribution in [2.75, 3.05) is 26.4 Å². The number of hydrogen-bond donors (Lipinski definition) is 5. The second-order valence-corrected chi connectivity index (χ2v) is 17.1. The Bertz CT molecular complexity index is 1600. The van der Waals surface area contributed by atoms with Crippen molar-refractivity contribution < 1.29 is 66.7 Å². The van der Waals surface area contributed by atoms with E-state index in [0.717, 1.165) is 38.5 Å². The molecule has 0 aromatic rings. The van der Waals surface area contributed by atoms with Gasteiger partial charge in [-0.15, -0.1) is 0 Å². The SMILES string of the molecule is CC/C=C\C(O)C/C=C/C=C\C/C=C\C/C=C\CCCC(=O)O[C@H](COC(=O)CC/C=C\C/C=C\C/C=C\C/C=C\C/C=C\CCCCC)COP(=O)(O)OC[C@@H](O)COP(=O)(O)O. The number of phosphoric ester groups is 2. The van der Waals surface area contributed by atoms with Gasteiger partial charge in [0.1, 0.15) is 12.7 Å². The number of carbonyl (C=O) groups is 2. The molecule has 0 aliphatic carbocycles. The molecule has 0 aliphatic heterocycles. The number of esters is 2. The number of phosphoric acid groups is 2. The Balaban J connectivity index is 4.77. The standard InChI is InChI=1S/C48H76O14P2/c1-3-5-7-8-9-10-11-12-13-14-15-16-17-18-22-25-28-31-34-38-47(51)58-42-46(43-61-64(56,57)60-41-45(50)40-59-63(53,54)55)62-48(52)39-35-32-29-26-23-20-19-21-24-27-30-33-37-44(49)36-6-4-2/h6,9-10,12-13,15-16,18-20,22,24,26-31,33,36,44-46,49-50H,3-5,7-8,11,14,17,21,23,25,32,34-35,37-43H2,1-2H3,(H,56,57)(H2,53,54,55)/b10-9-,13-12-,16-15-,20-19-,22-18-,27-24-,29-26-,31-28-,33-30+,36-6-/t44?,45-,46+/m0/s1. The van der Waals surface area contributed by atoms with Crippen LogP contribution in [0.5, 0.6) is 0 Å². The summed E-state index contributed by atoms with van der Waals surface area (Å²) < 4.78 is 47.6. The average Bonchev–Trinajstić information content (AvgIpc) is 3.25. The van der Waals surface area contributed by atoms with E-state index in [1.807, 2.05) is 79.8 Å². The summed E-state index contributed by atoms with van der Waals surface area (Å²) in [6.45, 7) is 1.31. The van der Waals surface area contributed by atoms with E-state index in [2.05, 4.69) is 58.5 Å². The fourth-order valence-corrected chi connectivity index (χ4v) is 6.19. The third-order valence-electron chi connectivity index (χ3n) is 8.41.